The zero-order chi connectivity index (χ0) is 16.4. The van der Waals surface area contributed by atoms with Crippen LogP contribution in [0.5, 0.6) is 0 Å². The normalized spacial score (nSPS) is 12.1. The third kappa shape index (κ3) is 2.98. The number of benzene rings is 1. The maximum Gasteiger partial charge on any atom is 0.270 e. The number of carbonyl (C=O) groups excluding carboxylic acids is 1. The molecule has 0 fully saturated rings. The van der Waals surface area contributed by atoms with Gasteiger partial charge in [-0.1, -0.05) is 12.1 Å². The fraction of sp³-hybridized carbons (Fsp3) is 0.250. The molecule has 3 rings (SSSR count). The molecule has 1 N–H and O–H groups in total. The Hall–Kier alpha value is -2.96. The van der Waals surface area contributed by atoms with Crippen molar-refractivity contribution in [1.29, 1.82) is 0 Å². The molecule has 0 radical (unpaired) electrons. The molecule has 0 saturated heterocycles. The van der Waals surface area contributed by atoms with Crippen LogP contribution in [0.15, 0.2) is 43.2 Å². The number of hydrogen-bond acceptors (Lipinski definition) is 4. The molecule has 1 unspecified atom stereocenters. The van der Waals surface area contributed by atoms with Gasteiger partial charge in [0.15, 0.2) is 0 Å². The van der Waals surface area contributed by atoms with Crippen molar-refractivity contribution >= 4 is 5.91 Å². The van der Waals surface area contributed by atoms with E-state index in [1.165, 1.54) is 6.33 Å². The zero-order valence-corrected chi connectivity index (χ0v) is 13.3. The van der Waals surface area contributed by atoms with Crippen molar-refractivity contribution in [1.82, 2.24) is 29.6 Å². The van der Waals surface area contributed by atoms with Gasteiger partial charge in [0.25, 0.3) is 5.91 Å². The highest BCUT2D eigenvalue weighted by molar-refractivity contribution is 5.93. The molecule has 7 nitrogen and oxygen atoms in total. The van der Waals surface area contributed by atoms with E-state index < -0.39 is 0 Å². The summed E-state index contributed by atoms with van der Waals surface area (Å²) in [6.45, 7) is 3.78. The third-order valence-electron chi connectivity index (χ3n) is 3.76. The predicted molar refractivity (Wildman–Crippen MR) is 85.2 cm³/mol. The van der Waals surface area contributed by atoms with Gasteiger partial charge in [0.1, 0.15) is 18.3 Å². The standard InChI is InChI=1S/C16H18N6O/c1-11(20-16(23)15-12(2)18-10-21(15)3)13-4-6-14(7-5-13)22-9-17-8-19-22/h4-11H,1-3H3,(H,20,23). The van der Waals surface area contributed by atoms with Gasteiger partial charge in [-0.3, -0.25) is 4.79 Å². The van der Waals surface area contributed by atoms with Gasteiger partial charge in [-0.05, 0) is 31.5 Å². The second-order valence-corrected chi connectivity index (χ2v) is 5.42. The van der Waals surface area contributed by atoms with Crippen molar-refractivity contribution in [3.8, 4) is 5.69 Å². The molecule has 1 aromatic carbocycles. The van der Waals surface area contributed by atoms with Crippen LogP contribution in [0.2, 0.25) is 0 Å². The quantitative estimate of drug-likeness (QED) is 0.797. The van der Waals surface area contributed by atoms with Crippen LogP contribution in [-0.4, -0.2) is 30.2 Å². The summed E-state index contributed by atoms with van der Waals surface area (Å²) in [6.07, 6.45) is 4.78. The molecule has 2 heterocycles. The van der Waals surface area contributed by atoms with E-state index in [0.717, 1.165) is 16.9 Å². The first-order chi connectivity index (χ1) is 11.1. The van der Waals surface area contributed by atoms with Crippen LogP contribution < -0.4 is 5.32 Å². The van der Waals surface area contributed by atoms with E-state index in [4.69, 9.17) is 0 Å². The lowest BCUT2D eigenvalue weighted by atomic mass is 10.1. The average Bonchev–Trinajstić information content (AvgIpc) is 3.17. The molecule has 0 spiro atoms. The molecule has 23 heavy (non-hydrogen) atoms. The number of aryl methyl sites for hydroxylation is 2. The van der Waals surface area contributed by atoms with E-state index in [0.29, 0.717) is 5.69 Å². The van der Waals surface area contributed by atoms with Crippen LogP contribution in [0, 0.1) is 6.92 Å². The molecular weight excluding hydrogens is 292 g/mol. The predicted octanol–water partition coefficient (Wildman–Crippen LogP) is 1.80. The molecule has 0 aliphatic heterocycles. The Bertz CT molecular complexity index is 784. The first-order valence-electron chi connectivity index (χ1n) is 7.30. The van der Waals surface area contributed by atoms with Crippen LogP contribution >= 0.6 is 0 Å². The van der Waals surface area contributed by atoms with Crippen molar-refractivity contribution < 1.29 is 4.79 Å². The maximum atomic E-state index is 12.4. The van der Waals surface area contributed by atoms with E-state index in [9.17, 15) is 4.79 Å². The summed E-state index contributed by atoms with van der Waals surface area (Å²) in [5.74, 6) is -0.129. The number of amides is 1. The summed E-state index contributed by atoms with van der Waals surface area (Å²) < 4.78 is 3.41. The number of hydrogen-bond donors (Lipinski definition) is 1. The summed E-state index contributed by atoms with van der Waals surface area (Å²) in [4.78, 5) is 20.5. The molecule has 7 heteroatoms. The number of nitrogens with zero attached hydrogens (tertiary/aromatic N) is 5. The van der Waals surface area contributed by atoms with Crippen molar-refractivity contribution in [2.45, 2.75) is 19.9 Å². The Morgan fingerprint density at radius 1 is 1.22 bits per heavy atom. The third-order valence-corrected chi connectivity index (χ3v) is 3.76. The minimum atomic E-state index is -0.129. The van der Waals surface area contributed by atoms with Crippen LogP contribution in [0.4, 0.5) is 0 Å². The zero-order valence-electron chi connectivity index (χ0n) is 13.3. The lowest BCUT2D eigenvalue weighted by molar-refractivity contribution is 0.0931. The molecule has 0 bridgehead atoms. The number of imidazole rings is 1. The topological polar surface area (TPSA) is 77.6 Å². The van der Waals surface area contributed by atoms with Crippen molar-refractivity contribution in [3.05, 3.63) is 60.2 Å². The highest BCUT2D eigenvalue weighted by Crippen LogP contribution is 2.16. The smallest absolute Gasteiger partial charge is 0.270 e. The maximum absolute atomic E-state index is 12.4. The Balaban J connectivity index is 1.73. The molecule has 2 aromatic heterocycles. The van der Waals surface area contributed by atoms with E-state index in [-0.39, 0.29) is 11.9 Å². The van der Waals surface area contributed by atoms with Gasteiger partial charge >= 0.3 is 0 Å². The molecule has 118 valence electrons. The first-order valence-corrected chi connectivity index (χ1v) is 7.30. The van der Waals surface area contributed by atoms with Crippen LogP contribution in [-0.2, 0) is 7.05 Å². The van der Waals surface area contributed by atoms with Gasteiger partial charge in [0.2, 0.25) is 0 Å². The molecule has 1 atom stereocenters. The lowest BCUT2D eigenvalue weighted by Crippen LogP contribution is -2.28. The molecular formula is C16H18N6O. The lowest BCUT2D eigenvalue weighted by Gasteiger charge is -2.15. The first kappa shape index (κ1) is 15.0. The molecule has 0 aliphatic rings. The van der Waals surface area contributed by atoms with Crippen LogP contribution in [0.3, 0.4) is 0 Å². The van der Waals surface area contributed by atoms with E-state index in [2.05, 4.69) is 20.4 Å². The highest BCUT2D eigenvalue weighted by atomic mass is 16.2. The second-order valence-electron chi connectivity index (χ2n) is 5.42. The van der Waals surface area contributed by atoms with Gasteiger partial charge in [0, 0.05) is 7.05 Å². The second kappa shape index (κ2) is 6.04. The van der Waals surface area contributed by atoms with Crippen molar-refractivity contribution in [2.24, 2.45) is 7.05 Å². The summed E-state index contributed by atoms with van der Waals surface area (Å²) in [6, 6.07) is 7.72. The molecule has 1 amide bonds. The number of aromatic nitrogens is 5. The Morgan fingerprint density at radius 3 is 2.52 bits per heavy atom. The fourth-order valence-corrected chi connectivity index (χ4v) is 2.48. The van der Waals surface area contributed by atoms with Gasteiger partial charge in [-0.25, -0.2) is 14.6 Å². The van der Waals surface area contributed by atoms with Crippen molar-refractivity contribution in [2.75, 3.05) is 0 Å². The summed E-state index contributed by atoms with van der Waals surface area (Å²) >= 11 is 0. The van der Waals surface area contributed by atoms with E-state index in [1.807, 2.05) is 45.2 Å². The summed E-state index contributed by atoms with van der Waals surface area (Å²) in [5, 5.41) is 7.09. The average molecular weight is 310 g/mol. The largest absolute Gasteiger partial charge is 0.344 e. The van der Waals surface area contributed by atoms with Crippen LogP contribution in [0.1, 0.15) is 34.7 Å². The minimum Gasteiger partial charge on any atom is -0.344 e. The number of rotatable bonds is 4. The van der Waals surface area contributed by atoms with Gasteiger partial charge in [-0.2, -0.15) is 5.10 Å². The Kier molecular flexibility index (Phi) is 3.92. The Morgan fingerprint density at radius 2 is 1.96 bits per heavy atom. The highest BCUT2D eigenvalue weighted by Gasteiger charge is 2.17. The monoisotopic (exact) mass is 310 g/mol. The van der Waals surface area contributed by atoms with Gasteiger partial charge < -0.3 is 9.88 Å². The molecule has 3 aromatic rings. The number of carbonyl (C=O) groups is 1. The SMILES string of the molecule is Cc1ncn(C)c1C(=O)NC(C)c1ccc(-n2cncn2)cc1. The fourth-order valence-electron chi connectivity index (χ4n) is 2.48. The Labute approximate surface area is 134 Å². The van der Waals surface area contributed by atoms with Crippen LogP contribution in [0.25, 0.3) is 5.69 Å². The molecule has 0 saturated carbocycles. The minimum absolute atomic E-state index is 0.110. The summed E-state index contributed by atoms with van der Waals surface area (Å²) in [7, 11) is 1.81. The molecule has 0 aliphatic carbocycles. The van der Waals surface area contributed by atoms with E-state index >= 15 is 0 Å². The van der Waals surface area contributed by atoms with E-state index in [1.54, 1.807) is 21.9 Å². The van der Waals surface area contributed by atoms with Gasteiger partial charge in [-0.15, -0.1) is 0 Å². The van der Waals surface area contributed by atoms with Gasteiger partial charge in [0.05, 0.1) is 23.8 Å². The summed E-state index contributed by atoms with van der Waals surface area (Å²) in [5.41, 5.74) is 3.24. The number of nitrogens with one attached hydrogen (secondary N) is 1. The van der Waals surface area contributed by atoms with Crippen molar-refractivity contribution in [3.63, 3.8) is 0 Å².